The number of hydrogen-bond acceptors (Lipinski definition) is 4. The second-order valence-corrected chi connectivity index (χ2v) is 6.38. The van der Waals surface area contributed by atoms with Gasteiger partial charge >= 0.3 is 6.36 Å². The second-order valence-electron chi connectivity index (χ2n) is 5.04. The molecular formula is C14H19F3N2OS. The zero-order valence-electron chi connectivity index (χ0n) is 11.5. The maximum Gasteiger partial charge on any atom is 0.573 e. The van der Waals surface area contributed by atoms with E-state index >= 15 is 0 Å². The molecule has 0 saturated heterocycles. The first kappa shape index (κ1) is 16.5. The fraction of sp³-hybridized carbons (Fsp3) is 0.571. The van der Waals surface area contributed by atoms with Gasteiger partial charge in [-0.3, -0.25) is 11.3 Å². The van der Waals surface area contributed by atoms with E-state index in [4.69, 9.17) is 5.84 Å². The Labute approximate surface area is 126 Å². The van der Waals surface area contributed by atoms with Crippen LogP contribution in [0.15, 0.2) is 24.3 Å². The number of nitrogens with one attached hydrogen (secondary N) is 1. The quantitative estimate of drug-likeness (QED) is 0.619. The van der Waals surface area contributed by atoms with Gasteiger partial charge in [0.1, 0.15) is 5.75 Å². The van der Waals surface area contributed by atoms with Crippen LogP contribution in [0.2, 0.25) is 0 Å². The first-order valence-electron chi connectivity index (χ1n) is 6.92. The number of para-hydroxylation sites is 1. The van der Waals surface area contributed by atoms with Crippen molar-refractivity contribution in [3.63, 3.8) is 0 Å². The van der Waals surface area contributed by atoms with Gasteiger partial charge in [0.25, 0.3) is 0 Å². The maximum absolute atomic E-state index is 12.4. The highest BCUT2D eigenvalue weighted by atomic mass is 32.2. The van der Waals surface area contributed by atoms with Gasteiger partial charge in [-0.05, 0) is 18.9 Å². The van der Waals surface area contributed by atoms with E-state index < -0.39 is 6.36 Å². The Morgan fingerprint density at radius 1 is 1.29 bits per heavy atom. The summed E-state index contributed by atoms with van der Waals surface area (Å²) in [6, 6.07) is 5.76. The molecule has 0 heterocycles. The van der Waals surface area contributed by atoms with Crippen LogP contribution in [0.5, 0.6) is 5.75 Å². The fourth-order valence-electron chi connectivity index (χ4n) is 2.50. The predicted octanol–water partition coefficient (Wildman–Crippen LogP) is 3.77. The van der Waals surface area contributed by atoms with Crippen molar-refractivity contribution in [3.05, 3.63) is 29.8 Å². The fourth-order valence-corrected chi connectivity index (χ4v) is 3.91. The van der Waals surface area contributed by atoms with E-state index in [0.717, 1.165) is 0 Å². The van der Waals surface area contributed by atoms with Gasteiger partial charge in [0.15, 0.2) is 0 Å². The van der Waals surface area contributed by atoms with Crippen LogP contribution in [0.3, 0.4) is 0 Å². The molecule has 1 aromatic rings. The third-order valence-corrected chi connectivity index (χ3v) is 4.99. The van der Waals surface area contributed by atoms with Gasteiger partial charge in [0, 0.05) is 16.6 Å². The van der Waals surface area contributed by atoms with Crippen molar-refractivity contribution in [3.8, 4) is 5.75 Å². The summed E-state index contributed by atoms with van der Waals surface area (Å²) in [5.41, 5.74) is 3.03. The molecule has 1 unspecified atom stereocenters. The summed E-state index contributed by atoms with van der Waals surface area (Å²) in [6.45, 7) is 0. The van der Waals surface area contributed by atoms with Gasteiger partial charge in [-0.25, -0.2) is 0 Å². The van der Waals surface area contributed by atoms with E-state index in [0.29, 0.717) is 16.6 Å². The second kappa shape index (κ2) is 7.38. The van der Waals surface area contributed by atoms with E-state index in [9.17, 15) is 13.2 Å². The Balaban J connectivity index is 2.05. The molecule has 0 radical (unpaired) electrons. The third-order valence-electron chi connectivity index (χ3n) is 3.52. The van der Waals surface area contributed by atoms with Crippen LogP contribution in [0, 0.1) is 0 Å². The highest BCUT2D eigenvalue weighted by Crippen LogP contribution is 2.35. The van der Waals surface area contributed by atoms with Crippen LogP contribution in [0.1, 0.15) is 37.3 Å². The third kappa shape index (κ3) is 5.09. The maximum atomic E-state index is 12.4. The van der Waals surface area contributed by atoms with E-state index in [2.05, 4.69) is 10.2 Å². The highest BCUT2D eigenvalue weighted by Gasteiger charge is 2.33. The average molecular weight is 320 g/mol. The zero-order chi connectivity index (χ0) is 15.3. The lowest BCUT2D eigenvalue weighted by Crippen LogP contribution is -2.31. The SMILES string of the molecule is NNC(CSC1CCCC1)c1ccccc1OC(F)(F)F. The Kier molecular flexibility index (Phi) is 5.78. The van der Waals surface area contributed by atoms with Gasteiger partial charge in [0.2, 0.25) is 0 Å². The minimum atomic E-state index is -4.70. The van der Waals surface area contributed by atoms with Crippen LogP contribution < -0.4 is 16.0 Å². The summed E-state index contributed by atoms with van der Waals surface area (Å²) in [5.74, 6) is 5.95. The number of alkyl halides is 3. The van der Waals surface area contributed by atoms with Crippen LogP contribution in [0.4, 0.5) is 13.2 Å². The Hall–Kier alpha value is -0.920. The minimum Gasteiger partial charge on any atom is -0.405 e. The van der Waals surface area contributed by atoms with Gasteiger partial charge < -0.3 is 4.74 Å². The summed E-state index contributed by atoms with van der Waals surface area (Å²) in [7, 11) is 0. The van der Waals surface area contributed by atoms with Crippen molar-refractivity contribution >= 4 is 11.8 Å². The normalized spacial score (nSPS) is 17.9. The molecule has 7 heteroatoms. The lowest BCUT2D eigenvalue weighted by atomic mass is 10.1. The lowest BCUT2D eigenvalue weighted by molar-refractivity contribution is -0.275. The number of hydrogen-bond donors (Lipinski definition) is 2. The molecule has 0 amide bonds. The van der Waals surface area contributed by atoms with Crippen LogP contribution in [0.25, 0.3) is 0 Å². The molecule has 1 aromatic carbocycles. The van der Waals surface area contributed by atoms with Crippen molar-refractivity contribution in [2.24, 2.45) is 5.84 Å². The van der Waals surface area contributed by atoms with Crippen molar-refractivity contribution in [2.75, 3.05) is 5.75 Å². The van der Waals surface area contributed by atoms with Gasteiger partial charge in [-0.1, -0.05) is 31.0 Å². The van der Waals surface area contributed by atoms with Crippen LogP contribution in [-0.2, 0) is 0 Å². The molecule has 0 spiro atoms. The Morgan fingerprint density at radius 2 is 1.95 bits per heavy atom. The molecule has 2 rings (SSSR count). The molecule has 3 nitrogen and oxygen atoms in total. The van der Waals surface area contributed by atoms with Crippen molar-refractivity contribution in [1.29, 1.82) is 0 Å². The van der Waals surface area contributed by atoms with Gasteiger partial charge in [-0.2, -0.15) is 11.8 Å². The molecule has 3 N–H and O–H groups in total. The molecule has 1 aliphatic rings. The molecule has 118 valence electrons. The zero-order valence-corrected chi connectivity index (χ0v) is 12.3. The van der Waals surface area contributed by atoms with Gasteiger partial charge in [-0.15, -0.1) is 13.2 Å². The molecule has 0 aliphatic heterocycles. The lowest BCUT2D eigenvalue weighted by Gasteiger charge is -2.21. The van der Waals surface area contributed by atoms with E-state index in [1.54, 1.807) is 23.9 Å². The summed E-state index contributed by atoms with van der Waals surface area (Å²) >= 11 is 1.76. The van der Waals surface area contributed by atoms with Gasteiger partial charge in [0.05, 0.1) is 6.04 Å². The molecule has 21 heavy (non-hydrogen) atoms. The van der Waals surface area contributed by atoms with Crippen molar-refractivity contribution in [2.45, 2.75) is 43.3 Å². The van der Waals surface area contributed by atoms with Crippen molar-refractivity contribution in [1.82, 2.24) is 5.43 Å². The highest BCUT2D eigenvalue weighted by molar-refractivity contribution is 7.99. The standard InChI is InChI=1S/C14H19F3N2OS/c15-14(16,17)20-13-8-4-3-7-11(13)12(19-18)9-21-10-5-1-2-6-10/h3-4,7-8,10,12,19H,1-2,5-6,9,18H2. The molecule has 0 bridgehead atoms. The molecule has 1 saturated carbocycles. The number of benzene rings is 1. The van der Waals surface area contributed by atoms with Crippen LogP contribution >= 0.6 is 11.8 Å². The number of thioether (sulfide) groups is 1. The topological polar surface area (TPSA) is 47.3 Å². The van der Waals surface area contributed by atoms with E-state index in [1.807, 2.05) is 0 Å². The van der Waals surface area contributed by atoms with Crippen molar-refractivity contribution < 1.29 is 17.9 Å². The Bertz CT molecular complexity index is 450. The first-order chi connectivity index (χ1) is 9.99. The minimum absolute atomic E-state index is 0.194. The largest absolute Gasteiger partial charge is 0.573 e. The number of hydrazine groups is 1. The first-order valence-corrected chi connectivity index (χ1v) is 7.97. The average Bonchev–Trinajstić information content (AvgIpc) is 2.92. The summed E-state index contributed by atoms with van der Waals surface area (Å²) in [5, 5.41) is 0.580. The predicted molar refractivity (Wildman–Crippen MR) is 77.9 cm³/mol. The number of halogens is 3. The van der Waals surface area contributed by atoms with E-state index in [1.165, 1.54) is 37.8 Å². The molecule has 0 aromatic heterocycles. The number of nitrogens with two attached hydrogens (primary N) is 1. The summed E-state index contributed by atoms with van der Waals surface area (Å²) < 4.78 is 41.4. The van der Waals surface area contributed by atoms with Crippen LogP contribution in [-0.4, -0.2) is 17.4 Å². The number of rotatable bonds is 6. The summed E-state index contributed by atoms with van der Waals surface area (Å²) in [6.07, 6.45) is 0.0947. The summed E-state index contributed by atoms with van der Waals surface area (Å²) in [4.78, 5) is 0. The molecular weight excluding hydrogens is 301 g/mol. The monoisotopic (exact) mass is 320 g/mol. The molecule has 1 fully saturated rings. The number of ether oxygens (including phenoxy) is 1. The smallest absolute Gasteiger partial charge is 0.405 e. The Morgan fingerprint density at radius 3 is 2.57 bits per heavy atom. The molecule has 1 aliphatic carbocycles. The molecule has 1 atom stereocenters. The van der Waals surface area contributed by atoms with E-state index in [-0.39, 0.29) is 11.8 Å².